The first-order chi connectivity index (χ1) is 19.1. The van der Waals surface area contributed by atoms with E-state index in [1.807, 2.05) is 0 Å². The first-order valence-electron chi connectivity index (χ1n) is 12.0. The number of oxime groups is 1. The van der Waals surface area contributed by atoms with Crippen molar-refractivity contribution in [2.75, 3.05) is 18.1 Å². The zero-order chi connectivity index (χ0) is 30.6. The van der Waals surface area contributed by atoms with E-state index in [9.17, 15) is 33.9 Å². The SMILES string of the molecule is CC(=O)CC(=O)OCC1=C(C(=O)O)N2C(=O)C(NC(=O)C(=NOC(C)C(=O)OC(C)(C)C)c3nsc(N)n3)[C@H]2SC1. The summed E-state index contributed by atoms with van der Waals surface area (Å²) in [6.45, 7) is 7.14. The number of carboxylic acids is 1. The van der Waals surface area contributed by atoms with Crippen LogP contribution in [0.4, 0.5) is 5.13 Å². The Labute approximate surface area is 241 Å². The van der Waals surface area contributed by atoms with Gasteiger partial charge in [-0.3, -0.25) is 24.1 Å². The number of carbonyl (C=O) groups excluding carboxylic acids is 5. The lowest BCUT2D eigenvalue weighted by Gasteiger charge is -2.49. The van der Waals surface area contributed by atoms with Crippen molar-refractivity contribution in [1.82, 2.24) is 19.6 Å². The Morgan fingerprint density at radius 1 is 1.27 bits per heavy atom. The molecule has 0 aliphatic carbocycles. The number of hydrogen-bond acceptors (Lipinski definition) is 15. The van der Waals surface area contributed by atoms with Gasteiger partial charge in [0.1, 0.15) is 41.5 Å². The van der Waals surface area contributed by atoms with Gasteiger partial charge in [-0.1, -0.05) is 5.16 Å². The van der Waals surface area contributed by atoms with Crippen molar-refractivity contribution in [3.63, 3.8) is 0 Å². The van der Waals surface area contributed by atoms with Crippen molar-refractivity contribution in [1.29, 1.82) is 0 Å². The average molecular weight is 613 g/mol. The molecule has 2 aliphatic rings. The third-order valence-electron chi connectivity index (χ3n) is 5.25. The van der Waals surface area contributed by atoms with Gasteiger partial charge in [0.15, 0.2) is 5.13 Å². The van der Waals surface area contributed by atoms with E-state index in [-0.39, 0.29) is 28.0 Å². The fourth-order valence-electron chi connectivity index (χ4n) is 3.50. The van der Waals surface area contributed by atoms with Gasteiger partial charge >= 0.3 is 17.9 Å². The van der Waals surface area contributed by atoms with Gasteiger partial charge in [0.2, 0.25) is 17.6 Å². The molecule has 1 aromatic rings. The molecule has 0 bridgehead atoms. The number of anilines is 1. The van der Waals surface area contributed by atoms with E-state index in [2.05, 4.69) is 19.8 Å². The summed E-state index contributed by atoms with van der Waals surface area (Å²) in [4.78, 5) is 83.3. The number of ketones is 1. The van der Waals surface area contributed by atoms with Crippen molar-refractivity contribution in [2.24, 2.45) is 5.16 Å². The number of amides is 2. The highest BCUT2D eigenvalue weighted by Crippen LogP contribution is 2.40. The first kappa shape index (κ1) is 31.5. The standard InChI is InChI=1S/C23H28N6O10S2/c1-9(30)6-12(31)37-7-11-8-40-19-14(18(33)29(19)15(11)20(34)35)25-17(32)13(16-26-22(24)41-28-16)27-39-10(2)21(36)38-23(3,4)5/h10,14,19H,6-8H2,1-5H3,(H,25,32)(H,34,35)(H2,24,26,28)/t10?,14?,19-/m1/s1. The third kappa shape index (κ3) is 7.78. The molecule has 2 unspecified atom stereocenters. The maximum absolute atomic E-state index is 13.2. The maximum atomic E-state index is 13.2. The number of rotatable bonds is 11. The molecule has 3 heterocycles. The molecule has 16 nitrogen and oxygen atoms in total. The highest BCUT2D eigenvalue weighted by Gasteiger charge is 2.54. The van der Waals surface area contributed by atoms with Gasteiger partial charge in [-0.2, -0.15) is 9.36 Å². The number of carboxylic acid groups (broad SMARTS) is 1. The van der Waals surface area contributed by atoms with Gasteiger partial charge in [-0.15, -0.1) is 11.8 Å². The second-order valence-corrected chi connectivity index (χ2v) is 11.7. The van der Waals surface area contributed by atoms with Gasteiger partial charge in [-0.25, -0.2) is 9.59 Å². The Hall–Kier alpha value is -4.06. The van der Waals surface area contributed by atoms with Crippen LogP contribution in [0, 0.1) is 0 Å². The topological polar surface area (TPSA) is 230 Å². The minimum Gasteiger partial charge on any atom is -0.477 e. The van der Waals surface area contributed by atoms with E-state index in [1.165, 1.54) is 13.8 Å². The minimum atomic E-state index is -1.43. The number of fused-ring (bicyclic) bond motifs is 1. The van der Waals surface area contributed by atoms with Crippen LogP contribution in [0.25, 0.3) is 0 Å². The Kier molecular flexibility index (Phi) is 9.69. The highest BCUT2D eigenvalue weighted by atomic mass is 32.2. The fraction of sp³-hybridized carbons (Fsp3) is 0.522. The summed E-state index contributed by atoms with van der Waals surface area (Å²) < 4.78 is 14.2. The fourth-order valence-corrected chi connectivity index (χ4v) is 5.26. The number of nitrogen functional groups attached to an aromatic ring is 1. The summed E-state index contributed by atoms with van der Waals surface area (Å²) >= 11 is 1.90. The Balaban J connectivity index is 1.76. The molecule has 2 amide bonds. The van der Waals surface area contributed by atoms with Gasteiger partial charge in [0, 0.05) is 22.9 Å². The van der Waals surface area contributed by atoms with Crippen LogP contribution in [0.3, 0.4) is 0 Å². The van der Waals surface area contributed by atoms with E-state index in [0.717, 1.165) is 28.2 Å². The highest BCUT2D eigenvalue weighted by molar-refractivity contribution is 8.00. The van der Waals surface area contributed by atoms with Crippen LogP contribution in [-0.2, 0) is 43.1 Å². The molecule has 1 saturated heterocycles. The zero-order valence-electron chi connectivity index (χ0n) is 22.7. The Morgan fingerprint density at radius 2 is 1.95 bits per heavy atom. The van der Waals surface area contributed by atoms with Crippen LogP contribution in [-0.4, -0.2) is 96.1 Å². The van der Waals surface area contributed by atoms with Crippen molar-refractivity contribution in [3.8, 4) is 0 Å². The molecule has 3 atom stereocenters. The number of thioether (sulfide) groups is 1. The molecule has 3 rings (SSSR count). The molecule has 0 spiro atoms. The average Bonchev–Trinajstić information content (AvgIpc) is 3.29. The number of ether oxygens (including phenoxy) is 2. The Bertz CT molecular complexity index is 1330. The predicted molar refractivity (Wildman–Crippen MR) is 143 cm³/mol. The first-order valence-corrected chi connectivity index (χ1v) is 13.8. The minimum absolute atomic E-state index is 0.0159. The number of aliphatic carboxylic acids is 1. The normalized spacial score (nSPS) is 19.5. The van der Waals surface area contributed by atoms with Crippen molar-refractivity contribution >= 4 is 69.6 Å². The summed E-state index contributed by atoms with van der Waals surface area (Å²) in [5.41, 5.74) is 4.14. The van der Waals surface area contributed by atoms with Crippen LogP contribution in [0.1, 0.15) is 46.9 Å². The molecule has 41 heavy (non-hydrogen) atoms. The van der Waals surface area contributed by atoms with Crippen molar-refractivity contribution < 1.29 is 48.2 Å². The monoisotopic (exact) mass is 612 g/mol. The third-order valence-corrected chi connectivity index (χ3v) is 7.13. The molecule has 0 radical (unpaired) electrons. The second-order valence-electron chi connectivity index (χ2n) is 9.83. The maximum Gasteiger partial charge on any atom is 0.352 e. The molecule has 0 aromatic carbocycles. The smallest absolute Gasteiger partial charge is 0.352 e. The number of β-lactam (4-membered cyclic amide) rings is 1. The van der Waals surface area contributed by atoms with Crippen LogP contribution in [0.15, 0.2) is 16.4 Å². The molecule has 4 N–H and O–H groups in total. The summed E-state index contributed by atoms with van der Waals surface area (Å²) in [6, 6.07) is -1.16. The molecule has 222 valence electrons. The lowest BCUT2D eigenvalue weighted by molar-refractivity contribution is -0.167. The largest absolute Gasteiger partial charge is 0.477 e. The number of hydrogen-bond donors (Lipinski definition) is 3. The molecule has 0 saturated carbocycles. The molecule has 1 fully saturated rings. The lowest BCUT2D eigenvalue weighted by atomic mass is 10.0. The van der Waals surface area contributed by atoms with E-state index in [1.54, 1.807) is 20.8 Å². The summed E-state index contributed by atoms with van der Waals surface area (Å²) in [5, 5.41) is 15.2. The second kappa shape index (κ2) is 12.6. The molecule has 1 aromatic heterocycles. The van der Waals surface area contributed by atoms with Gasteiger partial charge < -0.3 is 30.5 Å². The number of nitrogens with one attached hydrogen (secondary N) is 1. The molecular formula is C23H28N6O10S2. The number of aromatic nitrogens is 2. The quantitative estimate of drug-likeness (QED) is 0.0969. The van der Waals surface area contributed by atoms with Crippen LogP contribution in [0.2, 0.25) is 0 Å². The van der Waals surface area contributed by atoms with Gasteiger partial charge in [0.05, 0.1) is 0 Å². The van der Waals surface area contributed by atoms with E-state index < -0.39 is 77.4 Å². The van der Waals surface area contributed by atoms with E-state index >= 15 is 0 Å². The number of nitrogens with two attached hydrogens (primary N) is 1. The molecular weight excluding hydrogens is 584 g/mol. The summed E-state index contributed by atoms with van der Waals surface area (Å²) in [7, 11) is 0. The van der Waals surface area contributed by atoms with Gasteiger partial charge in [0.25, 0.3) is 11.8 Å². The van der Waals surface area contributed by atoms with E-state index in [4.69, 9.17) is 20.0 Å². The summed E-state index contributed by atoms with van der Waals surface area (Å²) in [5.74, 6) is -5.25. The van der Waals surface area contributed by atoms with Crippen molar-refractivity contribution in [2.45, 2.75) is 64.2 Å². The molecule has 18 heteroatoms. The number of nitrogens with zero attached hydrogens (tertiary/aromatic N) is 4. The van der Waals surface area contributed by atoms with Crippen LogP contribution < -0.4 is 11.1 Å². The van der Waals surface area contributed by atoms with Crippen molar-refractivity contribution in [3.05, 3.63) is 17.1 Å². The van der Waals surface area contributed by atoms with Crippen LogP contribution >= 0.6 is 23.3 Å². The zero-order valence-corrected chi connectivity index (χ0v) is 24.3. The number of carbonyl (C=O) groups is 6. The summed E-state index contributed by atoms with van der Waals surface area (Å²) in [6.07, 6.45) is -1.68. The number of esters is 2. The van der Waals surface area contributed by atoms with Gasteiger partial charge in [-0.05, 0) is 34.6 Å². The van der Waals surface area contributed by atoms with Crippen LogP contribution in [0.5, 0.6) is 0 Å². The lowest BCUT2D eigenvalue weighted by Crippen LogP contribution is -2.71. The predicted octanol–water partition coefficient (Wildman–Crippen LogP) is -0.168. The number of Topliss-reactive ketones (excluding diaryl/α,β-unsaturated/α-hetero) is 1. The van der Waals surface area contributed by atoms with E-state index in [0.29, 0.717) is 0 Å². The Morgan fingerprint density at radius 3 is 2.51 bits per heavy atom. The molecule has 2 aliphatic heterocycles.